The van der Waals surface area contributed by atoms with Crippen molar-refractivity contribution in [3.8, 4) is 0 Å². The highest BCUT2D eigenvalue weighted by molar-refractivity contribution is 5.94. The monoisotopic (exact) mass is 515 g/mol. The first-order valence-electron chi connectivity index (χ1n) is 14.0. The molecule has 1 aromatic carbocycles. The van der Waals surface area contributed by atoms with Gasteiger partial charge in [0.1, 0.15) is 5.76 Å². The number of furan rings is 1. The maximum atomic E-state index is 13.5. The number of hydrogen-bond donors (Lipinski definition) is 0. The van der Waals surface area contributed by atoms with Crippen molar-refractivity contribution in [2.75, 3.05) is 13.1 Å². The molecular formula is C32H41N3O3. The molecule has 2 fully saturated rings. The second kappa shape index (κ2) is 10.1. The van der Waals surface area contributed by atoms with E-state index >= 15 is 0 Å². The second-order valence-electron chi connectivity index (χ2n) is 12.6. The Kier molecular flexibility index (Phi) is 7.01. The number of carbonyl (C=O) groups is 2. The van der Waals surface area contributed by atoms with E-state index in [4.69, 9.17) is 4.42 Å². The molecule has 1 saturated heterocycles. The lowest BCUT2D eigenvalue weighted by molar-refractivity contribution is 0.0673. The van der Waals surface area contributed by atoms with Gasteiger partial charge in [0.15, 0.2) is 5.76 Å². The predicted molar refractivity (Wildman–Crippen MR) is 149 cm³/mol. The molecule has 0 N–H and O–H groups in total. The van der Waals surface area contributed by atoms with Crippen molar-refractivity contribution < 1.29 is 14.0 Å². The Hall–Kier alpha value is -3.28. The van der Waals surface area contributed by atoms with Crippen LogP contribution in [-0.4, -0.2) is 45.3 Å². The molecule has 2 aromatic heterocycles. The minimum Gasteiger partial charge on any atom is -0.454 e. The number of benzene rings is 1. The Balaban J connectivity index is 1.27. The van der Waals surface area contributed by atoms with Gasteiger partial charge < -0.3 is 18.8 Å². The van der Waals surface area contributed by atoms with Gasteiger partial charge in [-0.3, -0.25) is 9.59 Å². The summed E-state index contributed by atoms with van der Waals surface area (Å²) in [4.78, 5) is 30.7. The highest BCUT2D eigenvalue weighted by Crippen LogP contribution is 2.52. The number of carbonyl (C=O) groups excluding carboxylic acids is 2. The Bertz CT molecular complexity index is 1300. The van der Waals surface area contributed by atoms with Crippen molar-refractivity contribution in [1.82, 2.24) is 14.4 Å². The van der Waals surface area contributed by atoms with Crippen LogP contribution < -0.4 is 0 Å². The molecule has 2 atom stereocenters. The number of aromatic nitrogens is 1. The minimum absolute atomic E-state index is 0.00761. The molecule has 5 rings (SSSR count). The Morgan fingerprint density at radius 2 is 1.82 bits per heavy atom. The SMILES string of the molecule is CCCN(Cc1cccn1Cc1ccc(C(=O)N2CC3(C)CC2CC(C)(C)C3)o1)C(=O)c1ccc(C)cc1. The number of likely N-dealkylation sites (tertiary alicyclic amines) is 1. The summed E-state index contributed by atoms with van der Waals surface area (Å²) in [6, 6.07) is 15.8. The highest BCUT2D eigenvalue weighted by atomic mass is 16.4. The van der Waals surface area contributed by atoms with Crippen LogP contribution >= 0.6 is 0 Å². The second-order valence-corrected chi connectivity index (χ2v) is 12.6. The van der Waals surface area contributed by atoms with Crippen LogP contribution in [0.3, 0.4) is 0 Å². The number of nitrogens with zero attached hydrogens (tertiary/aromatic N) is 3. The lowest BCUT2D eigenvalue weighted by Crippen LogP contribution is -2.37. The van der Waals surface area contributed by atoms with Gasteiger partial charge in [0.2, 0.25) is 0 Å². The Morgan fingerprint density at radius 1 is 1.05 bits per heavy atom. The first kappa shape index (κ1) is 26.3. The van der Waals surface area contributed by atoms with E-state index in [0.717, 1.165) is 49.2 Å². The van der Waals surface area contributed by atoms with E-state index < -0.39 is 0 Å². The van der Waals surface area contributed by atoms with Crippen molar-refractivity contribution >= 4 is 11.8 Å². The van der Waals surface area contributed by atoms with Gasteiger partial charge in [-0.05, 0) is 79.8 Å². The summed E-state index contributed by atoms with van der Waals surface area (Å²) in [5.41, 5.74) is 3.34. The van der Waals surface area contributed by atoms with E-state index in [-0.39, 0.29) is 28.7 Å². The topological polar surface area (TPSA) is 58.7 Å². The van der Waals surface area contributed by atoms with Crippen LogP contribution in [0.25, 0.3) is 0 Å². The number of hydrogen-bond acceptors (Lipinski definition) is 3. The van der Waals surface area contributed by atoms with Gasteiger partial charge in [-0.2, -0.15) is 0 Å². The van der Waals surface area contributed by atoms with Gasteiger partial charge in [0.25, 0.3) is 11.8 Å². The van der Waals surface area contributed by atoms with Crippen molar-refractivity contribution in [2.45, 2.75) is 79.4 Å². The van der Waals surface area contributed by atoms with Gasteiger partial charge in [0, 0.05) is 36.6 Å². The van der Waals surface area contributed by atoms with E-state index in [9.17, 15) is 9.59 Å². The first-order chi connectivity index (χ1) is 18.1. The molecule has 1 saturated carbocycles. The quantitative estimate of drug-likeness (QED) is 0.343. The normalized spacial score (nSPS) is 22.0. The molecule has 2 unspecified atom stereocenters. The molecule has 0 spiro atoms. The first-order valence-corrected chi connectivity index (χ1v) is 14.0. The summed E-state index contributed by atoms with van der Waals surface area (Å²) in [6.07, 6.45) is 6.17. The fourth-order valence-corrected chi connectivity index (χ4v) is 6.93. The molecule has 1 aliphatic heterocycles. The third-order valence-electron chi connectivity index (χ3n) is 8.23. The van der Waals surface area contributed by atoms with Gasteiger partial charge in [-0.1, -0.05) is 45.4 Å². The molecule has 6 heteroatoms. The molecule has 1 aliphatic carbocycles. The zero-order valence-electron chi connectivity index (χ0n) is 23.5. The molecule has 2 aliphatic rings. The average molecular weight is 516 g/mol. The lowest BCUT2D eigenvalue weighted by atomic mass is 9.65. The molecule has 38 heavy (non-hydrogen) atoms. The number of amides is 2. The van der Waals surface area contributed by atoms with Gasteiger partial charge in [-0.25, -0.2) is 0 Å². The van der Waals surface area contributed by atoms with Crippen molar-refractivity contribution in [1.29, 1.82) is 0 Å². The standard InChI is InChI=1S/C32H41N3O3/c1-6-15-34(29(36)24-11-9-23(2)10-12-24)19-25-8-7-16-33(25)20-27-13-14-28(38-27)30(37)35-22-32(5)18-26(35)17-31(3,4)21-32/h7-14,16,26H,6,15,17-22H2,1-5H3. The minimum atomic E-state index is 0.00761. The smallest absolute Gasteiger partial charge is 0.289 e. The maximum absolute atomic E-state index is 13.5. The maximum Gasteiger partial charge on any atom is 0.289 e. The highest BCUT2D eigenvalue weighted by Gasteiger charge is 2.51. The third-order valence-corrected chi connectivity index (χ3v) is 8.23. The van der Waals surface area contributed by atoms with Crippen LogP contribution in [0.5, 0.6) is 0 Å². The van der Waals surface area contributed by atoms with Crippen LogP contribution in [0.2, 0.25) is 0 Å². The third kappa shape index (κ3) is 5.45. The largest absolute Gasteiger partial charge is 0.454 e. The molecule has 3 heterocycles. The zero-order chi connectivity index (χ0) is 27.1. The van der Waals surface area contributed by atoms with Crippen LogP contribution in [0.1, 0.15) is 91.3 Å². The Morgan fingerprint density at radius 3 is 2.55 bits per heavy atom. The van der Waals surface area contributed by atoms with Crippen LogP contribution in [-0.2, 0) is 13.1 Å². The molecule has 0 radical (unpaired) electrons. The molecule has 202 valence electrons. The molecule has 3 aromatic rings. The van der Waals surface area contributed by atoms with Crippen molar-refractivity contribution in [3.05, 3.63) is 83.1 Å². The summed E-state index contributed by atoms with van der Waals surface area (Å²) in [5.74, 6) is 1.21. The summed E-state index contributed by atoms with van der Waals surface area (Å²) < 4.78 is 8.21. The van der Waals surface area contributed by atoms with Crippen molar-refractivity contribution in [2.24, 2.45) is 10.8 Å². The van der Waals surface area contributed by atoms with E-state index in [2.05, 4.69) is 37.2 Å². The van der Waals surface area contributed by atoms with E-state index in [0.29, 0.717) is 31.0 Å². The fourth-order valence-electron chi connectivity index (χ4n) is 6.93. The molecule has 2 amide bonds. The Labute approximate surface area is 226 Å². The van der Waals surface area contributed by atoms with Crippen molar-refractivity contribution in [3.63, 3.8) is 0 Å². The van der Waals surface area contributed by atoms with Crippen LogP contribution in [0.4, 0.5) is 0 Å². The van der Waals surface area contributed by atoms with E-state index in [1.165, 1.54) is 0 Å². The molecular weight excluding hydrogens is 474 g/mol. The van der Waals surface area contributed by atoms with Crippen LogP contribution in [0.15, 0.2) is 59.1 Å². The van der Waals surface area contributed by atoms with Gasteiger partial charge in [0.05, 0.1) is 13.1 Å². The summed E-state index contributed by atoms with van der Waals surface area (Å²) in [5, 5.41) is 0. The fraction of sp³-hybridized carbons (Fsp3) is 0.500. The zero-order valence-corrected chi connectivity index (χ0v) is 23.5. The summed E-state index contributed by atoms with van der Waals surface area (Å²) in [7, 11) is 0. The lowest BCUT2D eigenvalue weighted by Gasteiger charge is -2.39. The molecule has 2 bridgehead atoms. The number of aryl methyl sites for hydroxylation is 1. The predicted octanol–water partition coefficient (Wildman–Crippen LogP) is 6.53. The molecule has 6 nitrogen and oxygen atoms in total. The number of fused-ring (bicyclic) bond motifs is 2. The van der Waals surface area contributed by atoms with E-state index in [1.54, 1.807) is 0 Å². The van der Waals surface area contributed by atoms with Gasteiger partial charge >= 0.3 is 0 Å². The van der Waals surface area contributed by atoms with E-state index in [1.807, 2.05) is 66.6 Å². The van der Waals surface area contributed by atoms with Crippen LogP contribution in [0, 0.1) is 17.8 Å². The average Bonchev–Trinajstić information content (AvgIpc) is 3.56. The summed E-state index contributed by atoms with van der Waals surface area (Å²) >= 11 is 0. The summed E-state index contributed by atoms with van der Waals surface area (Å²) in [6.45, 7) is 13.6. The number of rotatable bonds is 8. The van der Waals surface area contributed by atoms with Gasteiger partial charge in [-0.15, -0.1) is 0 Å².